The normalized spacial score (nSPS) is 10.9. The number of benzene rings is 2. The summed E-state index contributed by atoms with van der Waals surface area (Å²) in [5, 5.41) is 11.1. The molecule has 3 aromatic rings. The zero-order chi connectivity index (χ0) is 14.1. The third-order valence-electron chi connectivity index (χ3n) is 3.16. The van der Waals surface area contributed by atoms with Crippen LogP contribution in [0, 0.1) is 0 Å². The minimum Gasteiger partial charge on any atom is -0.397 e. The van der Waals surface area contributed by atoms with Gasteiger partial charge >= 0.3 is 0 Å². The van der Waals surface area contributed by atoms with Crippen LogP contribution in [0.2, 0.25) is 0 Å². The van der Waals surface area contributed by atoms with Crippen LogP contribution in [0.15, 0.2) is 39.4 Å². The van der Waals surface area contributed by atoms with Crippen LogP contribution in [0.5, 0.6) is 0 Å². The van der Waals surface area contributed by atoms with Crippen LogP contribution in [-0.4, -0.2) is 10.3 Å². The lowest BCUT2D eigenvalue weighted by atomic mass is 10.1. The first-order valence-electron chi connectivity index (χ1n) is 6.25. The summed E-state index contributed by atoms with van der Waals surface area (Å²) >= 11 is 3.48. The van der Waals surface area contributed by atoms with E-state index < -0.39 is 0 Å². The summed E-state index contributed by atoms with van der Waals surface area (Å²) in [4.78, 5) is 0. The SMILES string of the molecule is CCc1cc(Br)ccc1Nc1ccc(N)c2nonc12. The van der Waals surface area contributed by atoms with Gasteiger partial charge in [0.1, 0.15) is 0 Å². The third kappa shape index (κ3) is 2.22. The van der Waals surface area contributed by atoms with Crippen LogP contribution in [0.4, 0.5) is 17.1 Å². The fourth-order valence-corrected chi connectivity index (χ4v) is 2.52. The Kier molecular flexibility index (Phi) is 3.31. The second kappa shape index (κ2) is 5.13. The number of nitrogens with zero attached hydrogens (tertiary/aromatic N) is 2. The third-order valence-corrected chi connectivity index (χ3v) is 3.66. The van der Waals surface area contributed by atoms with Crippen LogP contribution >= 0.6 is 15.9 Å². The van der Waals surface area contributed by atoms with Gasteiger partial charge in [0, 0.05) is 10.2 Å². The van der Waals surface area contributed by atoms with Crippen molar-refractivity contribution < 1.29 is 4.63 Å². The lowest BCUT2D eigenvalue weighted by molar-refractivity contribution is 0.316. The molecule has 0 aliphatic carbocycles. The van der Waals surface area contributed by atoms with Crippen molar-refractivity contribution >= 4 is 44.0 Å². The van der Waals surface area contributed by atoms with Crippen LogP contribution < -0.4 is 11.1 Å². The first-order chi connectivity index (χ1) is 9.69. The summed E-state index contributed by atoms with van der Waals surface area (Å²) in [6, 6.07) is 9.79. The number of rotatable bonds is 3. The second-order valence-electron chi connectivity index (χ2n) is 4.44. The Labute approximate surface area is 124 Å². The van der Waals surface area contributed by atoms with Gasteiger partial charge in [0.05, 0.1) is 11.4 Å². The number of halogens is 1. The molecule has 0 amide bonds. The molecule has 0 fully saturated rings. The fourth-order valence-electron chi connectivity index (χ4n) is 2.11. The monoisotopic (exact) mass is 332 g/mol. The zero-order valence-electron chi connectivity index (χ0n) is 10.9. The molecule has 5 nitrogen and oxygen atoms in total. The van der Waals surface area contributed by atoms with Gasteiger partial charge in [-0.2, -0.15) is 0 Å². The number of hydrogen-bond donors (Lipinski definition) is 2. The average Bonchev–Trinajstić information content (AvgIpc) is 2.94. The lowest BCUT2D eigenvalue weighted by Gasteiger charge is -2.11. The maximum atomic E-state index is 5.84. The van der Waals surface area contributed by atoms with Gasteiger partial charge in [-0.05, 0) is 52.6 Å². The van der Waals surface area contributed by atoms with Crippen molar-refractivity contribution in [3.63, 3.8) is 0 Å². The molecule has 102 valence electrons. The van der Waals surface area contributed by atoms with Gasteiger partial charge in [-0.25, -0.2) is 4.63 Å². The van der Waals surface area contributed by atoms with Crippen molar-refractivity contribution in [2.24, 2.45) is 0 Å². The number of fused-ring (bicyclic) bond motifs is 1. The van der Waals surface area contributed by atoms with Crippen molar-refractivity contribution in [3.05, 3.63) is 40.4 Å². The summed E-state index contributed by atoms with van der Waals surface area (Å²) in [6.07, 6.45) is 0.928. The molecule has 0 bridgehead atoms. The maximum Gasteiger partial charge on any atom is 0.160 e. The van der Waals surface area contributed by atoms with Crippen molar-refractivity contribution in [2.75, 3.05) is 11.1 Å². The molecule has 0 aliphatic rings. The van der Waals surface area contributed by atoms with Crippen LogP contribution in [-0.2, 0) is 6.42 Å². The average molecular weight is 333 g/mol. The largest absolute Gasteiger partial charge is 0.397 e. The molecule has 20 heavy (non-hydrogen) atoms. The highest BCUT2D eigenvalue weighted by Crippen LogP contribution is 2.30. The fraction of sp³-hybridized carbons (Fsp3) is 0.143. The number of nitrogens with two attached hydrogens (primary N) is 1. The summed E-state index contributed by atoms with van der Waals surface area (Å²) in [6.45, 7) is 2.11. The molecule has 3 rings (SSSR count). The van der Waals surface area contributed by atoms with Gasteiger partial charge in [0.15, 0.2) is 11.0 Å². The van der Waals surface area contributed by atoms with E-state index >= 15 is 0 Å². The van der Waals surface area contributed by atoms with Gasteiger partial charge in [-0.15, -0.1) is 0 Å². The molecule has 0 saturated carbocycles. The predicted molar refractivity (Wildman–Crippen MR) is 83.0 cm³/mol. The Morgan fingerprint density at radius 1 is 1.15 bits per heavy atom. The molecular weight excluding hydrogens is 320 g/mol. The zero-order valence-corrected chi connectivity index (χ0v) is 12.4. The number of aryl methyl sites for hydroxylation is 1. The Morgan fingerprint density at radius 2 is 1.90 bits per heavy atom. The maximum absolute atomic E-state index is 5.84. The second-order valence-corrected chi connectivity index (χ2v) is 5.36. The molecule has 6 heteroatoms. The molecule has 0 unspecified atom stereocenters. The molecule has 0 spiro atoms. The minimum atomic E-state index is 0.554. The number of nitrogens with one attached hydrogen (secondary N) is 1. The minimum absolute atomic E-state index is 0.554. The molecular formula is C14H13BrN4O. The molecule has 2 aromatic carbocycles. The number of anilines is 3. The summed E-state index contributed by atoms with van der Waals surface area (Å²) in [5.41, 5.74) is 10.7. The molecule has 0 aliphatic heterocycles. The molecule has 0 saturated heterocycles. The molecule has 0 atom stereocenters. The van der Waals surface area contributed by atoms with Crippen LogP contribution in [0.1, 0.15) is 12.5 Å². The topological polar surface area (TPSA) is 77.0 Å². The first kappa shape index (κ1) is 12.9. The lowest BCUT2D eigenvalue weighted by Crippen LogP contribution is -1.97. The van der Waals surface area contributed by atoms with Crippen molar-refractivity contribution in [1.29, 1.82) is 0 Å². The van der Waals surface area contributed by atoms with Gasteiger partial charge in [0.25, 0.3) is 0 Å². The Hall–Kier alpha value is -2.08. The number of aromatic nitrogens is 2. The van der Waals surface area contributed by atoms with E-state index in [2.05, 4.69) is 44.6 Å². The molecule has 1 aromatic heterocycles. The van der Waals surface area contributed by atoms with Crippen molar-refractivity contribution in [3.8, 4) is 0 Å². The van der Waals surface area contributed by atoms with E-state index in [1.165, 1.54) is 5.56 Å². The first-order valence-corrected chi connectivity index (χ1v) is 7.04. The Morgan fingerprint density at radius 3 is 2.70 bits per heavy atom. The summed E-state index contributed by atoms with van der Waals surface area (Å²) in [7, 11) is 0. The highest BCUT2D eigenvalue weighted by atomic mass is 79.9. The smallest absolute Gasteiger partial charge is 0.160 e. The quantitative estimate of drug-likeness (QED) is 0.712. The summed E-state index contributed by atoms with van der Waals surface area (Å²) in [5.74, 6) is 0. The van der Waals surface area contributed by atoms with E-state index in [9.17, 15) is 0 Å². The van der Waals surface area contributed by atoms with Crippen molar-refractivity contribution in [1.82, 2.24) is 10.3 Å². The van der Waals surface area contributed by atoms with E-state index in [1.54, 1.807) is 6.07 Å². The van der Waals surface area contributed by atoms with E-state index in [4.69, 9.17) is 10.4 Å². The van der Waals surface area contributed by atoms with Crippen LogP contribution in [0.25, 0.3) is 11.0 Å². The van der Waals surface area contributed by atoms with Gasteiger partial charge in [0.2, 0.25) is 0 Å². The molecule has 0 radical (unpaired) electrons. The Balaban J connectivity index is 2.06. The standard InChI is InChI=1S/C14H13BrN4O/c1-2-8-7-9(15)3-5-11(8)17-12-6-4-10(16)13-14(12)19-20-18-13/h3-7,17H,2,16H2,1H3. The van der Waals surface area contributed by atoms with Gasteiger partial charge in [-0.3, -0.25) is 0 Å². The van der Waals surface area contributed by atoms with E-state index in [0.29, 0.717) is 16.7 Å². The highest BCUT2D eigenvalue weighted by Gasteiger charge is 2.11. The van der Waals surface area contributed by atoms with Gasteiger partial charge < -0.3 is 11.1 Å². The van der Waals surface area contributed by atoms with Crippen molar-refractivity contribution in [2.45, 2.75) is 13.3 Å². The Bertz CT molecular complexity index is 769. The van der Waals surface area contributed by atoms with Gasteiger partial charge in [-0.1, -0.05) is 22.9 Å². The summed E-state index contributed by atoms with van der Waals surface area (Å²) < 4.78 is 5.83. The van der Waals surface area contributed by atoms with Crippen LogP contribution in [0.3, 0.4) is 0 Å². The van der Waals surface area contributed by atoms with E-state index in [-0.39, 0.29) is 0 Å². The van der Waals surface area contributed by atoms with E-state index in [1.807, 2.05) is 18.2 Å². The highest BCUT2D eigenvalue weighted by molar-refractivity contribution is 9.10. The number of nitrogen functional groups attached to an aromatic ring is 1. The molecule has 3 N–H and O–H groups in total. The number of hydrogen-bond acceptors (Lipinski definition) is 5. The predicted octanol–water partition coefficient (Wildman–Crippen LogP) is 3.87. The molecule has 1 heterocycles. The van der Waals surface area contributed by atoms with E-state index in [0.717, 1.165) is 22.3 Å².